The van der Waals surface area contributed by atoms with Gasteiger partial charge in [0.05, 0.1) is 0 Å². The van der Waals surface area contributed by atoms with Crippen LogP contribution in [0.25, 0.3) is 0 Å². The molecule has 72 valence electrons. The molecule has 0 aromatic carbocycles. The summed E-state index contributed by atoms with van der Waals surface area (Å²) in [6.07, 6.45) is 1.72. The van der Waals surface area contributed by atoms with E-state index in [9.17, 15) is 4.79 Å². The van der Waals surface area contributed by atoms with E-state index in [0.29, 0.717) is 5.57 Å². The third-order valence-corrected chi connectivity index (χ3v) is 1.64. The maximum atomic E-state index is 10.4. The summed E-state index contributed by atoms with van der Waals surface area (Å²) < 4.78 is 0. The maximum Gasteiger partial charge on any atom is 0.331 e. The van der Waals surface area contributed by atoms with E-state index in [0.717, 1.165) is 0 Å². The largest absolute Gasteiger partial charge is 0.478 e. The fourth-order valence-electron chi connectivity index (χ4n) is 0.582. The Morgan fingerprint density at radius 3 is 2.17 bits per heavy atom. The topological polar surface area (TPSA) is 40.5 Å². The summed E-state index contributed by atoms with van der Waals surface area (Å²) in [5.74, 6) is -0.848. The molecule has 0 saturated carbocycles. The molecule has 3 nitrogen and oxygen atoms in total. The smallest absolute Gasteiger partial charge is 0.331 e. The van der Waals surface area contributed by atoms with Crippen LogP contribution < -0.4 is 0 Å². The summed E-state index contributed by atoms with van der Waals surface area (Å²) in [5.41, 5.74) is 0.395. The van der Waals surface area contributed by atoms with Gasteiger partial charge in [-0.05, 0) is 27.9 Å². The lowest BCUT2D eigenvalue weighted by Crippen LogP contribution is -2.23. The molecule has 0 fully saturated rings. The van der Waals surface area contributed by atoms with Crippen LogP contribution in [0.1, 0.15) is 13.8 Å². The number of carboxylic acid groups (broad SMARTS) is 1. The first kappa shape index (κ1) is 14.2. The summed E-state index contributed by atoms with van der Waals surface area (Å²) in [7, 11) is 3.83. The van der Waals surface area contributed by atoms with Crippen molar-refractivity contribution < 1.29 is 9.90 Å². The monoisotopic (exact) mass is 237 g/mol. The van der Waals surface area contributed by atoms with Crippen LogP contribution in [0.4, 0.5) is 0 Å². The molecule has 0 aromatic rings. The van der Waals surface area contributed by atoms with Crippen molar-refractivity contribution in [1.82, 2.24) is 4.90 Å². The van der Waals surface area contributed by atoms with Gasteiger partial charge in [0.1, 0.15) is 0 Å². The highest BCUT2D eigenvalue weighted by Crippen LogP contribution is 1.99. The zero-order valence-corrected chi connectivity index (χ0v) is 9.58. The van der Waals surface area contributed by atoms with Gasteiger partial charge in [0.2, 0.25) is 0 Å². The van der Waals surface area contributed by atoms with Crippen molar-refractivity contribution in [3.63, 3.8) is 0 Å². The second-order valence-corrected chi connectivity index (χ2v) is 2.86. The molecule has 12 heavy (non-hydrogen) atoms. The first-order valence-corrected chi connectivity index (χ1v) is 3.53. The Morgan fingerprint density at radius 1 is 1.50 bits per heavy atom. The van der Waals surface area contributed by atoms with Gasteiger partial charge in [-0.2, -0.15) is 0 Å². The van der Waals surface area contributed by atoms with Gasteiger partial charge in [-0.3, -0.25) is 0 Å². The van der Waals surface area contributed by atoms with E-state index in [1.54, 1.807) is 13.0 Å². The number of aliphatic carboxylic acids is 1. The zero-order chi connectivity index (χ0) is 9.02. The Bertz CT molecular complexity index is 178. The fourth-order valence-corrected chi connectivity index (χ4v) is 0.582. The average Bonchev–Trinajstić information content (AvgIpc) is 1.87. The molecular formula is C8H16BrNO2. The quantitative estimate of drug-likeness (QED) is 0.758. The normalized spacial score (nSPS) is 13.9. The third-order valence-electron chi connectivity index (χ3n) is 1.64. The number of carboxylic acids is 1. The maximum absolute atomic E-state index is 10.4. The number of hydrogen-bond acceptors (Lipinski definition) is 2. The van der Waals surface area contributed by atoms with E-state index in [1.807, 2.05) is 25.9 Å². The molecule has 0 saturated heterocycles. The van der Waals surface area contributed by atoms with Gasteiger partial charge in [-0.15, -0.1) is 17.0 Å². The second-order valence-electron chi connectivity index (χ2n) is 2.86. The fraction of sp³-hybridized carbons (Fsp3) is 0.625. The number of likely N-dealkylation sites (N-methyl/N-ethyl adjacent to an activating group) is 1. The van der Waals surface area contributed by atoms with Crippen molar-refractivity contribution in [3.8, 4) is 0 Å². The van der Waals surface area contributed by atoms with Crippen molar-refractivity contribution in [1.29, 1.82) is 0 Å². The highest BCUT2D eigenvalue weighted by atomic mass is 79.9. The van der Waals surface area contributed by atoms with Gasteiger partial charge < -0.3 is 10.0 Å². The van der Waals surface area contributed by atoms with Gasteiger partial charge >= 0.3 is 5.97 Å². The van der Waals surface area contributed by atoms with Crippen LogP contribution in [0.3, 0.4) is 0 Å². The van der Waals surface area contributed by atoms with Crippen molar-refractivity contribution in [2.75, 3.05) is 14.1 Å². The number of hydrogen-bond donors (Lipinski definition) is 1. The first-order chi connectivity index (χ1) is 4.95. The molecule has 1 unspecified atom stereocenters. The van der Waals surface area contributed by atoms with Crippen LogP contribution in [0, 0.1) is 0 Å². The van der Waals surface area contributed by atoms with Gasteiger partial charge in [0.15, 0.2) is 0 Å². The Labute approximate surface area is 83.8 Å². The van der Waals surface area contributed by atoms with Gasteiger partial charge in [0.25, 0.3) is 0 Å². The molecule has 0 aromatic heterocycles. The predicted octanol–water partition coefficient (Wildman–Crippen LogP) is 1.55. The minimum Gasteiger partial charge on any atom is -0.478 e. The van der Waals surface area contributed by atoms with E-state index in [4.69, 9.17) is 5.11 Å². The Morgan fingerprint density at radius 2 is 1.92 bits per heavy atom. The van der Waals surface area contributed by atoms with E-state index < -0.39 is 5.97 Å². The summed E-state index contributed by atoms with van der Waals surface area (Å²) in [5, 5.41) is 8.53. The number of nitrogens with zero attached hydrogens (tertiary/aromatic N) is 1. The van der Waals surface area contributed by atoms with Gasteiger partial charge in [-0.1, -0.05) is 6.08 Å². The highest BCUT2D eigenvalue weighted by molar-refractivity contribution is 8.93. The molecule has 1 N–H and O–H groups in total. The molecule has 0 heterocycles. The van der Waals surface area contributed by atoms with Crippen LogP contribution in [-0.2, 0) is 4.79 Å². The van der Waals surface area contributed by atoms with Crippen molar-refractivity contribution in [2.24, 2.45) is 0 Å². The minimum atomic E-state index is -0.848. The molecule has 4 heteroatoms. The molecule has 0 radical (unpaired) electrons. The number of carbonyl (C=O) groups is 1. The Hall–Kier alpha value is -0.350. The zero-order valence-electron chi connectivity index (χ0n) is 7.87. The summed E-state index contributed by atoms with van der Waals surface area (Å²) in [6.45, 7) is 3.55. The van der Waals surface area contributed by atoms with Crippen LogP contribution in [0.2, 0.25) is 0 Å². The summed E-state index contributed by atoms with van der Waals surface area (Å²) in [4.78, 5) is 12.3. The van der Waals surface area contributed by atoms with E-state index >= 15 is 0 Å². The van der Waals surface area contributed by atoms with Gasteiger partial charge in [-0.25, -0.2) is 4.79 Å². The molecule has 0 aliphatic carbocycles. The lowest BCUT2D eigenvalue weighted by molar-refractivity contribution is -0.132. The van der Waals surface area contributed by atoms with Crippen LogP contribution >= 0.6 is 17.0 Å². The SMILES string of the molecule is Br.CC(=CC(C)N(C)C)C(=O)O. The van der Waals surface area contributed by atoms with E-state index in [2.05, 4.69) is 0 Å². The molecular weight excluding hydrogens is 222 g/mol. The number of halogens is 1. The molecule has 0 rings (SSSR count). The molecule has 0 bridgehead atoms. The van der Waals surface area contributed by atoms with E-state index in [1.165, 1.54) is 0 Å². The Balaban J connectivity index is 0. The molecule has 1 atom stereocenters. The summed E-state index contributed by atoms with van der Waals surface area (Å²) >= 11 is 0. The second kappa shape index (κ2) is 6.20. The van der Waals surface area contributed by atoms with Crippen LogP contribution in [0.5, 0.6) is 0 Å². The molecule has 0 aliphatic heterocycles. The van der Waals surface area contributed by atoms with Crippen molar-refractivity contribution in [3.05, 3.63) is 11.6 Å². The standard InChI is InChI=1S/C8H15NO2.BrH/c1-6(8(10)11)5-7(2)9(3)4;/h5,7H,1-4H3,(H,10,11);1H. The van der Waals surface area contributed by atoms with Crippen molar-refractivity contribution in [2.45, 2.75) is 19.9 Å². The van der Waals surface area contributed by atoms with Crippen molar-refractivity contribution >= 4 is 23.0 Å². The highest BCUT2D eigenvalue weighted by Gasteiger charge is 2.04. The van der Waals surface area contributed by atoms with Crippen LogP contribution in [-0.4, -0.2) is 36.1 Å². The molecule has 0 amide bonds. The predicted molar refractivity (Wildman–Crippen MR) is 54.9 cm³/mol. The third kappa shape index (κ3) is 5.32. The van der Waals surface area contributed by atoms with E-state index in [-0.39, 0.29) is 23.0 Å². The average molecular weight is 238 g/mol. The lowest BCUT2D eigenvalue weighted by Gasteiger charge is -2.15. The lowest BCUT2D eigenvalue weighted by atomic mass is 10.2. The first-order valence-electron chi connectivity index (χ1n) is 3.53. The van der Waals surface area contributed by atoms with Gasteiger partial charge in [0, 0.05) is 11.6 Å². The van der Waals surface area contributed by atoms with Crippen LogP contribution in [0.15, 0.2) is 11.6 Å². The summed E-state index contributed by atoms with van der Waals surface area (Å²) in [6, 6.07) is 0.172. The molecule has 0 aliphatic rings. The number of rotatable bonds is 3. The minimum absolute atomic E-state index is 0. The Kier molecular flexibility index (Phi) is 7.33. The molecule has 0 spiro atoms.